The molecule has 0 fully saturated rings. The molecule has 1 atom stereocenters. The van der Waals surface area contributed by atoms with Gasteiger partial charge in [-0.1, -0.05) is 62.8 Å². The molecule has 2 aromatic carbocycles. The summed E-state index contributed by atoms with van der Waals surface area (Å²) >= 11 is 3.34. The van der Waals surface area contributed by atoms with Crippen molar-refractivity contribution < 1.29 is 44.0 Å². The summed E-state index contributed by atoms with van der Waals surface area (Å²) in [7, 11) is 3.90. The Morgan fingerprint density at radius 3 is 2.14 bits per heavy atom. The number of hydrogen-bond acceptors (Lipinski definition) is 3. The Kier molecular flexibility index (Phi) is 19.0. The van der Waals surface area contributed by atoms with Crippen LogP contribution in [0.1, 0.15) is 29.5 Å². The second-order valence-corrected chi connectivity index (χ2v) is 7.10. The van der Waals surface area contributed by atoms with Gasteiger partial charge in [-0.3, -0.25) is 0 Å². The molecule has 28 heavy (non-hydrogen) atoms. The molecular formula is C19H21Br2ClFMg2NO2. The molecule has 0 amide bonds. The Morgan fingerprint density at radius 1 is 1.07 bits per heavy atom. The fourth-order valence-corrected chi connectivity index (χ4v) is 3.28. The van der Waals surface area contributed by atoms with Gasteiger partial charge in [0.25, 0.3) is 0 Å². The first-order valence-corrected chi connectivity index (χ1v) is 8.64. The maximum atomic E-state index is 13.8. The monoisotopic (exact) mass is 555 g/mol. The van der Waals surface area contributed by atoms with Gasteiger partial charge in [0.15, 0.2) is 0 Å². The summed E-state index contributed by atoms with van der Waals surface area (Å²) < 4.78 is 14.0. The molecule has 0 aromatic heterocycles. The molecule has 0 aliphatic rings. The third-order valence-corrected chi connectivity index (χ3v) is 4.60. The molecule has 0 aliphatic carbocycles. The molecular weight excluding hydrogens is 537 g/mol. The normalized spacial score (nSPS) is 12.0. The first-order valence-electron chi connectivity index (χ1n) is 7.85. The van der Waals surface area contributed by atoms with Gasteiger partial charge in [-0.05, 0) is 51.3 Å². The van der Waals surface area contributed by atoms with Crippen molar-refractivity contribution in [2.24, 2.45) is 0 Å². The van der Waals surface area contributed by atoms with E-state index in [1.807, 2.05) is 19.0 Å². The second kappa shape index (κ2) is 15.8. The first-order chi connectivity index (χ1) is 11.4. The summed E-state index contributed by atoms with van der Waals surface area (Å²) in [4.78, 5) is 2.02. The van der Waals surface area contributed by atoms with Crippen molar-refractivity contribution in [3.05, 3.63) is 69.4 Å². The Bertz CT molecular complexity index is 696. The van der Waals surface area contributed by atoms with Gasteiger partial charge in [-0.15, -0.1) is 6.61 Å². The summed E-state index contributed by atoms with van der Waals surface area (Å²) in [6, 6.07) is 10.8. The molecule has 0 heterocycles. The molecule has 0 spiro atoms. The fourth-order valence-electron chi connectivity index (χ4n) is 2.87. The van der Waals surface area contributed by atoms with Crippen LogP contribution in [0.3, 0.4) is 0 Å². The van der Waals surface area contributed by atoms with Crippen LogP contribution < -0.4 is 39.6 Å². The van der Waals surface area contributed by atoms with Crippen LogP contribution >= 0.6 is 15.9 Å². The number of nitrogens with zero attached hydrogens (tertiary/aromatic N) is 1. The zero-order valence-electron chi connectivity index (χ0n) is 16.1. The summed E-state index contributed by atoms with van der Waals surface area (Å²) in [6.45, 7) is 0.308. The number of hydrogen-bond donors (Lipinski definition) is 0. The second-order valence-electron chi connectivity index (χ2n) is 6.19. The van der Waals surface area contributed by atoms with E-state index < -0.39 is 12.2 Å². The molecule has 2 rings (SSSR count). The van der Waals surface area contributed by atoms with Crippen LogP contribution in [0, 0.1) is 5.82 Å². The van der Waals surface area contributed by atoms with Crippen molar-refractivity contribution in [1.29, 1.82) is 0 Å². The minimum absolute atomic E-state index is 0. The van der Waals surface area contributed by atoms with E-state index in [2.05, 4.69) is 15.9 Å². The largest absolute Gasteiger partial charge is 2.00 e. The van der Waals surface area contributed by atoms with E-state index in [4.69, 9.17) is 0 Å². The topological polar surface area (TPSA) is 49.4 Å². The van der Waals surface area contributed by atoms with Crippen LogP contribution in [0.15, 0.2) is 46.9 Å². The van der Waals surface area contributed by atoms with Crippen LogP contribution in [-0.2, 0) is 12.2 Å². The van der Waals surface area contributed by atoms with E-state index in [9.17, 15) is 14.6 Å². The van der Waals surface area contributed by atoms with Gasteiger partial charge in [-0.2, -0.15) is 0 Å². The Hall–Kier alpha value is 1.03. The van der Waals surface area contributed by atoms with Crippen molar-refractivity contribution in [2.75, 3.05) is 20.6 Å². The van der Waals surface area contributed by atoms with Crippen molar-refractivity contribution >= 4 is 62.0 Å². The van der Waals surface area contributed by atoms with Crippen LogP contribution in [0.4, 0.5) is 4.39 Å². The predicted molar refractivity (Wildman–Crippen MR) is 104 cm³/mol. The summed E-state index contributed by atoms with van der Waals surface area (Å²) in [6.07, 6.45) is 1.02. The number of halogens is 4. The van der Waals surface area contributed by atoms with Crippen molar-refractivity contribution in [3.8, 4) is 0 Å². The van der Waals surface area contributed by atoms with E-state index >= 15 is 0 Å². The maximum absolute atomic E-state index is 13.8. The van der Waals surface area contributed by atoms with E-state index in [1.165, 1.54) is 24.3 Å². The number of rotatable bonds is 7. The average molecular weight is 558 g/mol. The van der Waals surface area contributed by atoms with E-state index in [-0.39, 0.29) is 81.3 Å². The molecule has 0 radical (unpaired) electrons. The summed E-state index contributed by atoms with van der Waals surface area (Å²) in [5.74, 6) is -0.380. The van der Waals surface area contributed by atoms with Crippen LogP contribution in [0.25, 0.3) is 0 Å². The molecule has 9 heteroatoms. The van der Waals surface area contributed by atoms with E-state index in [0.29, 0.717) is 29.5 Å². The third kappa shape index (κ3) is 9.03. The molecule has 1 unspecified atom stereocenters. The van der Waals surface area contributed by atoms with Crippen molar-refractivity contribution in [1.82, 2.24) is 4.90 Å². The molecule has 0 bridgehead atoms. The Balaban J connectivity index is -0.00000156. The SMILES string of the molecule is CN(C)CCCC([O-])(c1ccc(F)cc1)c1ccc(Br)cc1C[O-].[Br-].[Cl-].[Mg+2].[Mg+2]. The fraction of sp³-hybridized carbons (Fsp3) is 0.368. The van der Waals surface area contributed by atoms with Gasteiger partial charge < -0.3 is 44.5 Å². The quantitative estimate of drug-likeness (QED) is 0.323. The Labute approximate surface area is 224 Å². The van der Waals surface area contributed by atoms with Gasteiger partial charge in [0.1, 0.15) is 5.82 Å². The molecule has 0 aliphatic heterocycles. The van der Waals surface area contributed by atoms with Crippen LogP contribution in [-0.4, -0.2) is 71.6 Å². The summed E-state index contributed by atoms with van der Waals surface area (Å²) in [5, 5.41) is 25.4. The molecule has 0 saturated carbocycles. The Morgan fingerprint density at radius 2 is 1.64 bits per heavy atom. The van der Waals surface area contributed by atoms with Gasteiger partial charge in [0, 0.05) is 4.47 Å². The zero-order chi connectivity index (χ0) is 17.7. The zero-order valence-corrected chi connectivity index (χ0v) is 22.8. The standard InChI is InChI=1S/C19H21BrFNO2.BrH.ClH.2Mg/c1-22(2)11-3-10-19(24,15-4-7-17(21)8-5-15)18-9-6-16(20)12-14(18)13-23;;;;/h4-9,12H,3,10-11,13H2,1-2H3;2*1H;;/q-2;;;2*+2/p-2. The predicted octanol–water partition coefficient (Wildman–Crippen LogP) is -4.36. The first kappa shape index (κ1) is 33.7. The van der Waals surface area contributed by atoms with Crippen molar-refractivity contribution in [3.63, 3.8) is 0 Å². The van der Waals surface area contributed by atoms with Gasteiger partial charge in [0.2, 0.25) is 0 Å². The number of benzene rings is 2. The van der Waals surface area contributed by atoms with E-state index in [0.717, 1.165) is 11.0 Å². The van der Waals surface area contributed by atoms with Gasteiger partial charge in [0.05, 0.1) is 0 Å². The molecule has 146 valence electrons. The van der Waals surface area contributed by atoms with Crippen LogP contribution in [0.5, 0.6) is 0 Å². The van der Waals surface area contributed by atoms with Crippen molar-refractivity contribution in [2.45, 2.75) is 25.0 Å². The smallest absolute Gasteiger partial charge is 1.00 e. The molecule has 2 aromatic rings. The third-order valence-electron chi connectivity index (χ3n) is 4.10. The average Bonchev–Trinajstić information content (AvgIpc) is 2.54. The summed E-state index contributed by atoms with van der Waals surface area (Å²) in [5.41, 5.74) is -0.122. The minimum atomic E-state index is -1.57. The molecule has 3 nitrogen and oxygen atoms in total. The van der Waals surface area contributed by atoms with Crippen LogP contribution in [0.2, 0.25) is 0 Å². The van der Waals surface area contributed by atoms with Gasteiger partial charge in [-0.25, -0.2) is 4.39 Å². The molecule has 0 N–H and O–H groups in total. The molecule has 0 saturated heterocycles. The van der Waals surface area contributed by atoms with E-state index in [1.54, 1.807) is 18.2 Å². The minimum Gasteiger partial charge on any atom is -1.00 e. The van der Waals surface area contributed by atoms with Gasteiger partial charge >= 0.3 is 46.1 Å². The maximum Gasteiger partial charge on any atom is 2.00 e.